The Bertz CT molecular complexity index is 425. The van der Waals surface area contributed by atoms with Crippen LogP contribution in [-0.4, -0.2) is 47.9 Å². The van der Waals surface area contributed by atoms with E-state index in [1.165, 1.54) is 5.56 Å². The Hall–Kier alpha value is -1.39. The number of nitrogens with zero attached hydrogens (tertiary/aromatic N) is 2. The maximum absolute atomic E-state index is 11.9. The molecule has 0 radical (unpaired) electrons. The number of likely N-dealkylation sites (tertiary alicyclic amines) is 1. The Labute approximate surface area is 121 Å². The fourth-order valence-corrected chi connectivity index (χ4v) is 2.81. The van der Waals surface area contributed by atoms with Crippen LogP contribution in [0.25, 0.3) is 0 Å². The first kappa shape index (κ1) is 15.0. The third-order valence-corrected chi connectivity index (χ3v) is 4.09. The van der Waals surface area contributed by atoms with Crippen molar-refractivity contribution in [2.24, 2.45) is 5.73 Å². The van der Waals surface area contributed by atoms with Crippen LogP contribution in [0.4, 0.5) is 0 Å². The maximum atomic E-state index is 11.9. The summed E-state index contributed by atoms with van der Waals surface area (Å²) in [5.74, 6) is 0.0477. The van der Waals surface area contributed by atoms with Gasteiger partial charge < -0.3 is 10.6 Å². The number of benzene rings is 1. The smallest absolute Gasteiger partial charge is 0.239 e. The molecule has 1 aromatic carbocycles. The molecular formula is C16H25N3O. The highest BCUT2D eigenvalue weighted by atomic mass is 16.2. The number of likely N-dealkylation sites (N-methyl/N-ethyl adjacent to an activating group) is 1. The first-order chi connectivity index (χ1) is 9.58. The molecular weight excluding hydrogens is 250 g/mol. The molecule has 1 aromatic rings. The molecule has 0 bridgehead atoms. The molecule has 110 valence electrons. The van der Waals surface area contributed by atoms with E-state index in [-0.39, 0.29) is 5.91 Å². The standard InChI is InChI=1S/C16H25N3O/c1-13(17)16(20)18(2)15-8-10-19(11-9-15)12-14-6-4-3-5-7-14/h3-7,13,15H,8-12,17H2,1-2H3/t13-/m1/s1. The molecule has 0 unspecified atom stereocenters. The lowest BCUT2D eigenvalue weighted by atomic mass is 10.0. The molecule has 1 aliphatic heterocycles. The van der Waals surface area contributed by atoms with Gasteiger partial charge >= 0.3 is 0 Å². The van der Waals surface area contributed by atoms with Crippen molar-refractivity contribution < 1.29 is 4.79 Å². The molecule has 20 heavy (non-hydrogen) atoms. The van der Waals surface area contributed by atoms with Gasteiger partial charge in [0.15, 0.2) is 0 Å². The van der Waals surface area contributed by atoms with Gasteiger partial charge in [-0.2, -0.15) is 0 Å². The van der Waals surface area contributed by atoms with Crippen molar-refractivity contribution >= 4 is 5.91 Å². The topological polar surface area (TPSA) is 49.6 Å². The number of amides is 1. The summed E-state index contributed by atoms with van der Waals surface area (Å²) >= 11 is 0. The monoisotopic (exact) mass is 275 g/mol. The Kier molecular flexibility index (Phi) is 5.15. The molecule has 1 heterocycles. The van der Waals surface area contributed by atoms with E-state index < -0.39 is 6.04 Å². The Morgan fingerprint density at radius 2 is 1.95 bits per heavy atom. The predicted molar refractivity (Wildman–Crippen MR) is 81.2 cm³/mol. The van der Waals surface area contributed by atoms with Gasteiger partial charge in [-0.15, -0.1) is 0 Å². The van der Waals surface area contributed by atoms with E-state index in [1.807, 2.05) is 18.0 Å². The number of rotatable bonds is 4. The van der Waals surface area contributed by atoms with Crippen molar-refractivity contribution in [3.8, 4) is 0 Å². The van der Waals surface area contributed by atoms with Gasteiger partial charge in [-0.3, -0.25) is 9.69 Å². The molecule has 1 atom stereocenters. The molecule has 2 N–H and O–H groups in total. The van der Waals surface area contributed by atoms with Crippen LogP contribution in [0.5, 0.6) is 0 Å². The lowest BCUT2D eigenvalue weighted by molar-refractivity contribution is -0.133. The molecule has 0 aliphatic carbocycles. The van der Waals surface area contributed by atoms with Crippen LogP contribution >= 0.6 is 0 Å². The van der Waals surface area contributed by atoms with Crippen molar-refractivity contribution in [2.75, 3.05) is 20.1 Å². The van der Waals surface area contributed by atoms with Crippen LogP contribution in [0.1, 0.15) is 25.3 Å². The van der Waals surface area contributed by atoms with Gasteiger partial charge in [-0.1, -0.05) is 30.3 Å². The average molecular weight is 275 g/mol. The first-order valence-corrected chi connectivity index (χ1v) is 7.36. The van der Waals surface area contributed by atoms with Crippen molar-refractivity contribution in [3.63, 3.8) is 0 Å². The summed E-state index contributed by atoms with van der Waals surface area (Å²) in [5, 5.41) is 0. The van der Waals surface area contributed by atoms with E-state index >= 15 is 0 Å². The van der Waals surface area contributed by atoms with E-state index in [4.69, 9.17) is 5.73 Å². The van der Waals surface area contributed by atoms with Gasteiger partial charge in [0.1, 0.15) is 0 Å². The first-order valence-electron chi connectivity index (χ1n) is 7.36. The molecule has 1 aliphatic rings. The predicted octanol–water partition coefficient (Wildman–Crippen LogP) is 1.46. The fraction of sp³-hybridized carbons (Fsp3) is 0.562. The number of piperidine rings is 1. The minimum atomic E-state index is -0.401. The van der Waals surface area contributed by atoms with Crippen molar-refractivity contribution in [2.45, 2.75) is 38.4 Å². The quantitative estimate of drug-likeness (QED) is 0.905. The van der Waals surface area contributed by atoms with Gasteiger partial charge in [0, 0.05) is 32.7 Å². The maximum Gasteiger partial charge on any atom is 0.239 e. The lowest BCUT2D eigenvalue weighted by Crippen LogP contribution is -2.49. The summed E-state index contributed by atoms with van der Waals surface area (Å²) in [4.78, 5) is 16.2. The van der Waals surface area contributed by atoms with E-state index in [0.717, 1.165) is 32.5 Å². The highest BCUT2D eigenvalue weighted by Crippen LogP contribution is 2.18. The Morgan fingerprint density at radius 1 is 1.35 bits per heavy atom. The number of carbonyl (C=O) groups excluding carboxylic acids is 1. The van der Waals surface area contributed by atoms with Gasteiger partial charge in [0.05, 0.1) is 6.04 Å². The molecule has 0 saturated carbocycles. The van der Waals surface area contributed by atoms with E-state index in [9.17, 15) is 4.79 Å². The number of carbonyl (C=O) groups is 1. The molecule has 1 saturated heterocycles. The normalized spacial score (nSPS) is 18.8. The van der Waals surface area contributed by atoms with Gasteiger partial charge in [-0.25, -0.2) is 0 Å². The SMILES string of the molecule is C[C@@H](N)C(=O)N(C)C1CCN(Cc2ccccc2)CC1. The van der Waals surface area contributed by atoms with Crippen molar-refractivity contribution in [1.82, 2.24) is 9.80 Å². The third kappa shape index (κ3) is 3.81. The molecule has 0 aromatic heterocycles. The number of hydrogen-bond acceptors (Lipinski definition) is 3. The summed E-state index contributed by atoms with van der Waals surface area (Å²) in [5.41, 5.74) is 7.02. The van der Waals surface area contributed by atoms with Gasteiger partial charge in [-0.05, 0) is 25.3 Å². The molecule has 4 nitrogen and oxygen atoms in total. The number of nitrogens with two attached hydrogens (primary N) is 1. The summed E-state index contributed by atoms with van der Waals surface area (Å²) in [6, 6.07) is 10.5. The van der Waals surface area contributed by atoms with Gasteiger partial charge in [0.25, 0.3) is 0 Å². The van der Waals surface area contributed by atoms with Crippen LogP contribution in [0.15, 0.2) is 30.3 Å². The van der Waals surface area contributed by atoms with E-state index in [0.29, 0.717) is 6.04 Å². The second-order valence-electron chi connectivity index (χ2n) is 5.73. The molecule has 2 rings (SSSR count). The highest BCUT2D eigenvalue weighted by Gasteiger charge is 2.26. The van der Waals surface area contributed by atoms with Crippen LogP contribution in [0.2, 0.25) is 0 Å². The average Bonchev–Trinajstić information content (AvgIpc) is 2.47. The summed E-state index contributed by atoms with van der Waals surface area (Å²) in [6.45, 7) is 4.83. The van der Waals surface area contributed by atoms with Crippen LogP contribution in [-0.2, 0) is 11.3 Å². The molecule has 1 fully saturated rings. The molecule has 0 spiro atoms. The van der Waals surface area contributed by atoms with Crippen molar-refractivity contribution in [1.29, 1.82) is 0 Å². The third-order valence-electron chi connectivity index (χ3n) is 4.09. The summed E-state index contributed by atoms with van der Waals surface area (Å²) in [6.07, 6.45) is 2.06. The van der Waals surface area contributed by atoms with E-state index in [2.05, 4.69) is 29.2 Å². The molecule has 1 amide bonds. The van der Waals surface area contributed by atoms with E-state index in [1.54, 1.807) is 6.92 Å². The zero-order chi connectivity index (χ0) is 14.5. The largest absolute Gasteiger partial charge is 0.341 e. The zero-order valence-electron chi connectivity index (χ0n) is 12.5. The summed E-state index contributed by atoms with van der Waals surface area (Å²) < 4.78 is 0. The highest BCUT2D eigenvalue weighted by molar-refractivity contribution is 5.81. The van der Waals surface area contributed by atoms with Crippen molar-refractivity contribution in [3.05, 3.63) is 35.9 Å². The minimum Gasteiger partial charge on any atom is -0.341 e. The summed E-state index contributed by atoms with van der Waals surface area (Å²) in [7, 11) is 1.88. The second kappa shape index (κ2) is 6.86. The Balaban J connectivity index is 1.82. The lowest BCUT2D eigenvalue weighted by Gasteiger charge is -2.37. The van der Waals surface area contributed by atoms with Gasteiger partial charge in [0.2, 0.25) is 5.91 Å². The molecule has 4 heteroatoms. The van der Waals surface area contributed by atoms with Crippen LogP contribution in [0, 0.1) is 0 Å². The Morgan fingerprint density at radius 3 is 2.50 bits per heavy atom. The minimum absolute atomic E-state index is 0.0477. The second-order valence-corrected chi connectivity index (χ2v) is 5.73. The van der Waals surface area contributed by atoms with Crippen LogP contribution in [0.3, 0.4) is 0 Å². The zero-order valence-corrected chi connectivity index (χ0v) is 12.5. The number of hydrogen-bond donors (Lipinski definition) is 1. The fourth-order valence-electron chi connectivity index (χ4n) is 2.81. The van der Waals surface area contributed by atoms with Crippen LogP contribution < -0.4 is 5.73 Å².